The number of rotatable bonds is 1. The van der Waals surface area contributed by atoms with Gasteiger partial charge in [-0.05, 0) is 28.3 Å². The van der Waals surface area contributed by atoms with Crippen LogP contribution in [0.4, 0.5) is 0 Å². The number of allylic oxidation sites excluding steroid dienone is 1. The van der Waals surface area contributed by atoms with Crippen LogP contribution in [0, 0.1) is 0 Å². The van der Waals surface area contributed by atoms with Gasteiger partial charge in [-0.15, -0.1) is 11.8 Å². The monoisotopic (exact) mass is 280 g/mol. The maximum Gasteiger partial charge on any atom is 0.0944 e. The van der Waals surface area contributed by atoms with Gasteiger partial charge in [0.15, 0.2) is 0 Å². The second-order valence-electron chi connectivity index (χ2n) is 5.28. The molecule has 100 valence electrons. The zero-order valence-corrected chi connectivity index (χ0v) is 12.2. The number of methoxy groups -OCH3 is 1. The average molecular weight is 280 g/mol. The molecule has 1 spiro atoms. The van der Waals surface area contributed by atoms with Crippen LogP contribution in [0.1, 0.15) is 17.5 Å². The fraction of sp³-hybridized carbons (Fsp3) is 0.222. The zero-order chi connectivity index (χ0) is 13.6. The molecule has 0 aromatic heterocycles. The van der Waals surface area contributed by atoms with Gasteiger partial charge in [0.2, 0.25) is 0 Å². The molecule has 4 rings (SSSR count). The molecule has 0 amide bonds. The Kier molecular flexibility index (Phi) is 2.67. The van der Waals surface area contributed by atoms with Crippen molar-refractivity contribution >= 4 is 11.8 Å². The quantitative estimate of drug-likeness (QED) is 0.756. The van der Waals surface area contributed by atoms with Gasteiger partial charge in [0.05, 0.1) is 17.6 Å². The minimum absolute atomic E-state index is 0.0350. The molecule has 1 nitrogen and oxygen atoms in total. The molecule has 0 atom stereocenters. The lowest BCUT2D eigenvalue weighted by Crippen LogP contribution is -2.25. The van der Waals surface area contributed by atoms with E-state index in [4.69, 9.17) is 4.74 Å². The molecule has 2 aliphatic rings. The van der Waals surface area contributed by atoms with E-state index >= 15 is 0 Å². The molecule has 0 saturated carbocycles. The van der Waals surface area contributed by atoms with E-state index in [9.17, 15) is 0 Å². The molecular weight excluding hydrogens is 264 g/mol. The summed E-state index contributed by atoms with van der Waals surface area (Å²) in [6, 6.07) is 17.6. The molecular formula is C18H16OS. The maximum atomic E-state index is 5.56. The number of hydrogen-bond donors (Lipinski definition) is 0. The van der Waals surface area contributed by atoms with Crippen LogP contribution in [-0.4, -0.2) is 12.9 Å². The molecule has 1 aliphatic carbocycles. The highest BCUT2D eigenvalue weighted by Gasteiger charge is 2.45. The molecule has 2 aromatic carbocycles. The van der Waals surface area contributed by atoms with E-state index in [0.29, 0.717) is 0 Å². The second-order valence-corrected chi connectivity index (χ2v) is 6.60. The van der Waals surface area contributed by atoms with Crippen LogP contribution >= 0.6 is 11.8 Å². The normalized spacial score (nSPS) is 18.4. The summed E-state index contributed by atoms with van der Waals surface area (Å²) in [6.07, 6.45) is 3.15. The van der Waals surface area contributed by atoms with Gasteiger partial charge < -0.3 is 4.74 Å². The Morgan fingerprint density at radius 2 is 1.55 bits per heavy atom. The van der Waals surface area contributed by atoms with Gasteiger partial charge in [-0.3, -0.25) is 0 Å². The number of hydrogen-bond acceptors (Lipinski definition) is 2. The largest absolute Gasteiger partial charge is 0.501 e. The Morgan fingerprint density at radius 3 is 2.15 bits per heavy atom. The summed E-state index contributed by atoms with van der Waals surface area (Å²) >= 11 is 2.02. The van der Waals surface area contributed by atoms with Crippen molar-refractivity contribution < 1.29 is 4.74 Å². The second kappa shape index (κ2) is 4.42. The Labute approximate surface area is 123 Å². The zero-order valence-electron chi connectivity index (χ0n) is 11.4. The Balaban J connectivity index is 1.98. The van der Waals surface area contributed by atoms with E-state index in [-0.39, 0.29) is 4.75 Å². The molecule has 2 aromatic rings. The lowest BCUT2D eigenvalue weighted by Gasteiger charge is -2.34. The first kappa shape index (κ1) is 12.1. The van der Waals surface area contributed by atoms with Crippen LogP contribution in [0.5, 0.6) is 0 Å². The standard InChI is InChI=1S/C18H16OS/c1-19-13-10-11-20-18(12-13)16-8-4-2-6-14(16)15-7-3-5-9-17(15)18/h2-10H,11-12H2,1H3. The fourth-order valence-corrected chi connectivity index (χ4v) is 4.90. The number of ether oxygens (including phenoxy) is 1. The summed E-state index contributed by atoms with van der Waals surface area (Å²) < 4.78 is 5.59. The van der Waals surface area contributed by atoms with Crippen LogP contribution in [0.2, 0.25) is 0 Å². The van der Waals surface area contributed by atoms with Gasteiger partial charge in [0.1, 0.15) is 0 Å². The molecule has 0 bridgehead atoms. The molecule has 0 radical (unpaired) electrons. The molecule has 2 heteroatoms. The predicted molar refractivity (Wildman–Crippen MR) is 84.8 cm³/mol. The minimum Gasteiger partial charge on any atom is -0.501 e. The molecule has 1 aliphatic heterocycles. The van der Waals surface area contributed by atoms with Crippen molar-refractivity contribution in [3.63, 3.8) is 0 Å². The Hall–Kier alpha value is -1.67. The summed E-state index contributed by atoms with van der Waals surface area (Å²) in [5.74, 6) is 2.11. The van der Waals surface area contributed by atoms with Gasteiger partial charge in [-0.25, -0.2) is 0 Å². The highest BCUT2D eigenvalue weighted by molar-refractivity contribution is 8.00. The molecule has 0 fully saturated rings. The van der Waals surface area contributed by atoms with Crippen molar-refractivity contribution in [1.82, 2.24) is 0 Å². The molecule has 0 unspecified atom stereocenters. The van der Waals surface area contributed by atoms with Crippen LogP contribution in [0.15, 0.2) is 60.4 Å². The SMILES string of the molecule is COC1=CCSC2(C1)c1ccccc1-c1ccccc12. The van der Waals surface area contributed by atoms with E-state index < -0.39 is 0 Å². The summed E-state index contributed by atoms with van der Waals surface area (Å²) in [6.45, 7) is 0. The molecule has 0 N–H and O–H groups in total. The third kappa shape index (κ3) is 1.52. The van der Waals surface area contributed by atoms with Gasteiger partial charge in [-0.2, -0.15) is 0 Å². The third-order valence-corrected chi connectivity index (χ3v) is 5.75. The van der Waals surface area contributed by atoms with E-state index in [0.717, 1.165) is 17.9 Å². The van der Waals surface area contributed by atoms with Gasteiger partial charge >= 0.3 is 0 Å². The summed E-state index contributed by atoms with van der Waals surface area (Å²) in [5.41, 5.74) is 5.64. The lowest BCUT2D eigenvalue weighted by molar-refractivity contribution is 0.268. The lowest BCUT2D eigenvalue weighted by atomic mass is 9.91. The maximum absolute atomic E-state index is 5.56. The van der Waals surface area contributed by atoms with Crippen molar-refractivity contribution in [2.24, 2.45) is 0 Å². The summed E-state index contributed by atoms with van der Waals surface area (Å²) in [5, 5.41) is 0. The van der Waals surface area contributed by atoms with Crippen molar-refractivity contribution in [2.45, 2.75) is 11.2 Å². The summed E-state index contributed by atoms with van der Waals surface area (Å²) in [7, 11) is 1.78. The van der Waals surface area contributed by atoms with Crippen molar-refractivity contribution in [2.75, 3.05) is 12.9 Å². The van der Waals surface area contributed by atoms with Gasteiger partial charge in [-0.1, -0.05) is 48.5 Å². The highest BCUT2D eigenvalue weighted by atomic mass is 32.2. The predicted octanol–water partition coefficient (Wildman–Crippen LogP) is 4.58. The van der Waals surface area contributed by atoms with E-state index in [1.54, 1.807) is 7.11 Å². The first-order chi connectivity index (χ1) is 9.85. The fourth-order valence-electron chi connectivity index (χ4n) is 3.43. The van der Waals surface area contributed by atoms with Gasteiger partial charge in [0, 0.05) is 12.2 Å². The number of benzene rings is 2. The molecule has 1 heterocycles. The summed E-state index contributed by atoms with van der Waals surface area (Å²) in [4.78, 5) is 0. The van der Waals surface area contributed by atoms with E-state index in [1.165, 1.54) is 22.3 Å². The number of fused-ring (bicyclic) bond motifs is 5. The van der Waals surface area contributed by atoms with E-state index in [1.807, 2.05) is 11.8 Å². The molecule has 20 heavy (non-hydrogen) atoms. The minimum atomic E-state index is 0.0350. The first-order valence-corrected chi connectivity index (χ1v) is 7.90. The van der Waals surface area contributed by atoms with Crippen molar-refractivity contribution in [3.8, 4) is 11.1 Å². The van der Waals surface area contributed by atoms with Gasteiger partial charge in [0.25, 0.3) is 0 Å². The Morgan fingerprint density at radius 1 is 0.950 bits per heavy atom. The third-order valence-electron chi connectivity index (χ3n) is 4.34. The highest BCUT2D eigenvalue weighted by Crippen LogP contribution is 2.59. The van der Waals surface area contributed by atoms with Crippen LogP contribution in [-0.2, 0) is 9.48 Å². The smallest absolute Gasteiger partial charge is 0.0944 e. The average Bonchev–Trinajstić information content (AvgIpc) is 2.79. The van der Waals surface area contributed by atoms with Crippen LogP contribution in [0.3, 0.4) is 0 Å². The van der Waals surface area contributed by atoms with Crippen molar-refractivity contribution in [3.05, 3.63) is 71.5 Å². The van der Waals surface area contributed by atoms with Crippen molar-refractivity contribution in [1.29, 1.82) is 0 Å². The number of thioether (sulfide) groups is 1. The Bertz CT molecular complexity index is 657. The first-order valence-electron chi connectivity index (χ1n) is 6.91. The molecule has 0 saturated heterocycles. The van der Waals surface area contributed by atoms with Crippen LogP contribution < -0.4 is 0 Å². The van der Waals surface area contributed by atoms with Crippen LogP contribution in [0.25, 0.3) is 11.1 Å². The topological polar surface area (TPSA) is 9.23 Å². The van der Waals surface area contributed by atoms with E-state index in [2.05, 4.69) is 54.6 Å².